The van der Waals surface area contributed by atoms with E-state index in [0.29, 0.717) is 12.1 Å². The highest BCUT2D eigenvalue weighted by atomic mass is 16.3. The number of piperazine rings is 1. The Bertz CT molecular complexity index is 1220. The van der Waals surface area contributed by atoms with Crippen LogP contribution in [0.2, 0.25) is 0 Å². The van der Waals surface area contributed by atoms with Crippen LogP contribution < -0.4 is 4.90 Å². The molecule has 0 atom stereocenters. The Morgan fingerprint density at radius 3 is 2.46 bits per heavy atom. The van der Waals surface area contributed by atoms with Crippen LogP contribution >= 0.6 is 0 Å². The van der Waals surface area contributed by atoms with Crippen LogP contribution in [0.25, 0.3) is 17.2 Å². The molecule has 0 bridgehead atoms. The first-order chi connectivity index (χ1) is 16.8. The van der Waals surface area contributed by atoms with Crippen molar-refractivity contribution in [3.8, 4) is 16.9 Å². The fourth-order valence-electron chi connectivity index (χ4n) is 4.56. The number of aromatic hydroxyl groups is 1. The molecule has 1 N–H and O–H groups in total. The van der Waals surface area contributed by atoms with Crippen molar-refractivity contribution in [1.82, 2.24) is 9.80 Å². The Kier molecular flexibility index (Phi) is 7.69. The number of rotatable bonds is 7. The van der Waals surface area contributed by atoms with E-state index in [-0.39, 0.29) is 11.5 Å². The maximum atomic E-state index is 13.1. The van der Waals surface area contributed by atoms with Crippen LogP contribution in [0.3, 0.4) is 0 Å². The summed E-state index contributed by atoms with van der Waals surface area (Å²) in [6, 6.07) is 20.0. The molecular weight excluding hydrogens is 434 g/mol. The molecule has 5 nitrogen and oxygen atoms in total. The molecule has 0 aliphatic carbocycles. The Labute approximate surface area is 208 Å². The van der Waals surface area contributed by atoms with Crippen LogP contribution in [0.1, 0.15) is 27.0 Å². The van der Waals surface area contributed by atoms with Crippen molar-refractivity contribution in [2.75, 3.05) is 52.2 Å². The van der Waals surface area contributed by atoms with Gasteiger partial charge in [-0.15, -0.1) is 0 Å². The van der Waals surface area contributed by atoms with Gasteiger partial charge >= 0.3 is 0 Å². The quantitative estimate of drug-likeness (QED) is 0.386. The van der Waals surface area contributed by atoms with E-state index >= 15 is 0 Å². The number of phenolic OH excluding ortho intramolecular Hbond substituents is 1. The summed E-state index contributed by atoms with van der Waals surface area (Å²) in [5.41, 5.74) is 7.08. The van der Waals surface area contributed by atoms with E-state index in [2.05, 4.69) is 66.2 Å². The summed E-state index contributed by atoms with van der Waals surface area (Å²) in [6.07, 6.45) is 3.60. The third-order valence-electron chi connectivity index (χ3n) is 6.59. The first-order valence-corrected chi connectivity index (χ1v) is 12.1. The molecule has 0 spiro atoms. The number of likely N-dealkylation sites (N-methyl/N-ethyl adjacent to an activating group) is 1. The van der Waals surface area contributed by atoms with Crippen LogP contribution in [0.15, 0.2) is 66.7 Å². The molecule has 1 fully saturated rings. The minimum absolute atomic E-state index is 0.0735. The second-order valence-electron chi connectivity index (χ2n) is 9.66. The molecule has 0 aromatic heterocycles. The number of aryl methyl sites for hydroxylation is 1. The second-order valence-corrected chi connectivity index (χ2v) is 9.66. The number of allylic oxidation sites excluding steroid dienone is 1. The number of hydrogen-bond donors (Lipinski definition) is 1. The van der Waals surface area contributed by atoms with Gasteiger partial charge in [0.2, 0.25) is 0 Å². The highest BCUT2D eigenvalue weighted by Crippen LogP contribution is 2.31. The zero-order valence-corrected chi connectivity index (χ0v) is 21.2. The fourth-order valence-corrected chi connectivity index (χ4v) is 4.56. The number of phenols is 1. The third kappa shape index (κ3) is 5.99. The normalized spacial score (nSPS) is 14.7. The highest BCUT2D eigenvalue weighted by molar-refractivity contribution is 6.07. The highest BCUT2D eigenvalue weighted by Gasteiger charge is 2.17. The topological polar surface area (TPSA) is 47.0 Å². The van der Waals surface area contributed by atoms with Crippen LogP contribution in [-0.2, 0) is 6.54 Å². The number of ketones is 1. The summed E-state index contributed by atoms with van der Waals surface area (Å²) in [5.74, 6) is 0.137. The van der Waals surface area contributed by atoms with E-state index in [4.69, 9.17) is 0 Å². The first kappa shape index (κ1) is 24.7. The van der Waals surface area contributed by atoms with Gasteiger partial charge in [0.25, 0.3) is 0 Å². The molecular formula is C30H35N3O2. The van der Waals surface area contributed by atoms with Gasteiger partial charge in [0.15, 0.2) is 5.78 Å². The van der Waals surface area contributed by atoms with Gasteiger partial charge in [-0.3, -0.25) is 4.79 Å². The average molecular weight is 470 g/mol. The molecule has 5 heteroatoms. The monoisotopic (exact) mass is 469 g/mol. The molecule has 1 aliphatic heterocycles. The van der Waals surface area contributed by atoms with Crippen molar-refractivity contribution in [3.05, 3.63) is 89.0 Å². The molecule has 1 aliphatic rings. The number of nitrogens with zero attached hydrogens (tertiary/aromatic N) is 3. The SMILES string of the molecule is Cc1ccccc1-c1ccc(N2CCN(C)CC2)c(/C=C/C(=O)c2ccc(O)c(CN(C)C)c2)c1. The lowest BCUT2D eigenvalue weighted by Crippen LogP contribution is -2.44. The van der Waals surface area contributed by atoms with Crippen molar-refractivity contribution >= 4 is 17.5 Å². The number of carbonyl (C=O) groups is 1. The number of carbonyl (C=O) groups excluding carboxylic acids is 1. The smallest absolute Gasteiger partial charge is 0.185 e. The summed E-state index contributed by atoms with van der Waals surface area (Å²) >= 11 is 0. The number of hydrogen-bond acceptors (Lipinski definition) is 5. The molecule has 0 radical (unpaired) electrons. The predicted molar refractivity (Wildman–Crippen MR) is 145 cm³/mol. The molecule has 1 saturated heterocycles. The standard InChI is InChI=1S/C30H35N3O2/c1-22-7-5-6-8-27(22)23-9-12-28(33-17-15-32(4)16-18-33)24(19-23)10-13-29(34)25-11-14-30(35)26(20-25)21-31(2)3/h5-14,19-20,35H,15-18,21H2,1-4H3/b13-10+. The molecule has 1 heterocycles. The van der Waals surface area contributed by atoms with Crippen LogP contribution in [0, 0.1) is 6.92 Å². The minimum Gasteiger partial charge on any atom is -0.508 e. The maximum Gasteiger partial charge on any atom is 0.185 e. The van der Waals surface area contributed by atoms with E-state index in [1.807, 2.05) is 25.1 Å². The van der Waals surface area contributed by atoms with Gasteiger partial charge in [-0.25, -0.2) is 0 Å². The van der Waals surface area contributed by atoms with Gasteiger partial charge in [0.05, 0.1) is 0 Å². The largest absolute Gasteiger partial charge is 0.508 e. The Morgan fingerprint density at radius 2 is 1.74 bits per heavy atom. The average Bonchev–Trinajstić information content (AvgIpc) is 2.84. The number of benzene rings is 3. The molecule has 3 aromatic rings. The Hall–Kier alpha value is -3.41. The minimum atomic E-state index is -0.0735. The summed E-state index contributed by atoms with van der Waals surface area (Å²) in [5, 5.41) is 10.2. The molecule has 182 valence electrons. The molecule has 0 unspecified atom stereocenters. The first-order valence-electron chi connectivity index (χ1n) is 12.1. The summed E-state index contributed by atoms with van der Waals surface area (Å²) < 4.78 is 0. The van der Waals surface area contributed by atoms with Crippen LogP contribution in [0.4, 0.5) is 5.69 Å². The lowest BCUT2D eigenvalue weighted by atomic mass is 9.97. The van der Waals surface area contributed by atoms with Gasteiger partial charge in [0, 0.05) is 49.5 Å². The van der Waals surface area contributed by atoms with E-state index in [0.717, 1.165) is 48.6 Å². The second kappa shape index (κ2) is 10.9. The van der Waals surface area contributed by atoms with Crippen LogP contribution in [0.5, 0.6) is 5.75 Å². The van der Waals surface area contributed by atoms with Gasteiger partial charge in [0.1, 0.15) is 5.75 Å². The molecule has 0 saturated carbocycles. The lowest BCUT2D eigenvalue weighted by molar-refractivity contribution is 0.104. The molecule has 3 aromatic carbocycles. The Morgan fingerprint density at radius 1 is 1.00 bits per heavy atom. The zero-order chi connectivity index (χ0) is 24.9. The van der Waals surface area contributed by atoms with Gasteiger partial charge in [-0.1, -0.05) is 30.3 Å². The molecule has 0 amide bonds. The lowest BCUT2D eigenvalue weighted by Gasteiger charge is -2.35. The summed E-state index contributed by atoms with van der Waals surface area (Å²) in [7, 11) is 6.03. The van der Waals surface area contributed by atoms with Gasteiger partial charge < -0.3 is 19.8 Å². The van der Waals surface area contributed by atoms with E-state index in [1.54, 1.807) is 24.3 Å². The zero-order valence-electron chi connectivity index (χ0n) is 21.2. The summed E-state index contributed by atoms with van der Waals surface area (Å²) in [4.78, 5) is 19.8. The van der Waals surface area contributed by atoms with Crippen molar-refractivity contribution in [2.45, 2.75) is 13.5 Å². The van der Waals surface area contributed by atoms with Crippen molar-refractivity contribution in [2.24, 2.45) is 0 Å². The van der Waals surface area contributed by atoms with Crippen molar-refractivity contribution < 1.29 is 9.90 Å². The van der Waals surface area contributed by atoms with E-state index in [9.17, 15) is 9.90 Å². The van der Waals surface area contributed by atoms with Crippen LogP contribution in [-0.4, -0.2) is 68.0 Å². The maximum absolute atomic E-state index is 13.1. The fraction of sp³-hybridized carbons (Fsp3) is 0.300. The number of anilines is 1. The van der Waals surface area contributed by atoms with Crippen molar-refractivity contribution in [1.29, 1.82) is 0 Å². The van der Waals surface area contributed by atoms with Crippen molar-refractivity contribution in [3.63, 3.8) is 0 Å². The molecule has 4 rings (SSSR count). The Balaban J connectivity index is 1.68. The third-order valence-corrected chi connectivity index (χ3v) is 6.59. The van der Waals surface area contributed by atoms with E-state index < -0.39 is 0 Å². The molecule has 35 heavy (non-hydrogen) atoms. The predicted octanol–water partition coefficient (Wildman–Crippen LogP) is 5.08. The van der Waals surface area contributed by atoms with E-state index in [1.165, 1.54) is 11.1 Å². The van der Waals surface area contributed by atoms with Gasteiger partial charge in [-0.2, -0.15) is 0 Å². The summed E-state index contributed by atoms with van der Waals surface area (Å²) in [6.45, 7) is 6.65. The van der Waals surface area contributed by atoms with Gasteiger partial charge in [-0.05, 0) is 92.8 Å².